The molecule has 4 heterocycles. The maximum atomic E-state index is 11.1. The smallest absolute Gasteiger partial charge is 0.150 e. The summed E-state index contributed by atoms with van der Waals surface area (Å²) in [6, 6.07) is 18.4. The van der Waals surface area contributed by atoms with Crippen molar-refractivity contribution in [2.24, 2.45) is 0 Å². The Labute approximate surface area is 171 Å². The van der Waals surface area contributed by atoms with E-state index in [1.54, 1.807) is 36.7 Å². The molecule has 30 heavy (non-hydrogen) atoms. The highest BCUT2D eigenvalue weighted by Crippen LogP contribution is 2.28. The number of aromatic nitrogens is 4. The van der Waals surface area contributed by atoms with E-state index >= 15 is 0 Å². The number of nitrogens with zero attached hydrogens (tertiary/aromatic N) is 4. The van der Waals surface area contributed by atoms with Gasteiger partial charge in [-0.15, -0.1) is 0 Å². The van der Waals surface area contributed by atoms with Crippen LogP contribution in [0.1, 0.15) is 20.7 Å². The zero-order valence-corrected chi connectivity index (χ0v) is 15.7. The Bertz CT molecular complexity index is 1340. The zero-order chi connectivity index (χ0) is 20.5. The average Bonchev–Trinajstić information content (AvgIpc) is 2.83. The molecular formula is C24H14N4O2. The summed E-state index contributed by atoms with van der Waals surface area (Å²) in [6.07, 6.45) is 4.76. The van der Waals surface area contributed by atoms with Gasteiger partial charge in [-0.3, -0.25) is 19.6 Å². The number of carbonyl (C=O) groups is 2. The van der Waals surface area contributed by atoms with Crippen molar-refractivity contribution in [3.8, 4) is 22.8 Å². The van der Waals surface area contributed by atoms with Gasteiger partial charge in [0.1, 0.15) is 12.6 Å². The number of carbonyl (C=O) groups excluding carboxylic acids is 2. The summed E-state index contributed by atoms with van der Waals surface area (Å²) in [6.45, 7) is 0. The van der Waals surface area contributed by atoms with Crippen molar-refractivity contribution in [1.82, 2.24) is 19.9 Å². The fourth-order valence-corrected chi connectivity index (χ4v) is 3.37. The first-order valence-electron chi connectivity index (χ1n) is 9.29. The molecule has 0 aliphatic heterocycles. The van der Waals surface area contributed by atoms with Crippen molar-refractivity contribution in [3.05, 3.63) is 84.2 Å². The predicted molar refractivity (Wildman–Crippen MR) is 114 cm³/mol. The second kappa shape index (κ2) is 7.25. The Morgan fingerprint density at radius 2 is 0.967 bits per heavy atom. The minimum Gasteiger partial charge on any atom is -0.298 e. The molecule has 1 aromatic carbocycles. The molecule has 0 spiro atoms. The molecule has 0 radical (unpaired) electrons. The number of fused-ring (bicyclic) bond motifs is 3. The molecule has 0 aliphatic carbocycles. The van der Waals surface area contributed by atoms with Gasteiger partial charge in [0.25, 0.3) is 0 Å². The molecule has 0 bridgehead atoms. The van der Waals surface area contributed by atoms with Gasteiger partial charge in [0.15, 0.2) is 0 Å². The van der Waals surface area contributed by atoms with Crippen LogP contribution in [0.25, 0.3) is 44.6 Å². The van der Waals surface area contributed by atoms with Crippen molar-refractivity contribution in [2.45, 2.75) is 0 Å². The molecule has 0 saturated heterocycles. The Morgan fingerprint density at radius 1 is 0.533 bits per heavy atom. The third-order valence-corrected chi connectivity index (χ3v) is 4.88. The molecule has 0 N–H and O–H groups in total. The highest BCUT2D eigenvalue weighted by atomic mass is 16.1. The van der Waals surface area contributed by atoms with Crippen LogP contribution in [0.3, 0.4) is 0 Å². The van der Waals surface area contributed by atoms with E-state index in [1.807, 2.05) is 36.4 Å². The number of aldehydes is 2. The Balaban J connectivity index is 1.72. The maximum Gasteiger partial charge on any atom is 0.150 e. The van der Waals surface area contributed by atoms with Gasteiger partial charge < -0.3 is 0 Å². The summed E-state index contributed by atoms with van der Waals surface area (Å²) >= 11 is 0. The molecule has 5 rings (SSSR count). The fraction of sp³-hybridized carbons (Fsp3) is 0. The molecule has 6 nitrogen and oxygen atoms in total. The lowest BCUT2D eigenvalue weighted by atomic mass is 10.1. The van der Waals surface area contributed by atoms with Crippen LogP contribution in [0.5, 0.6) is 0 Å². The van der Waals surface area contributed by atoms with E-state index in [9.17, 15) is 9.59 Å². The van der Waals surface area contributed by atoms with Crippen molar-refractivity contribution >= 4 is 34.4 Å². The Kier molecular flexibility index (Phi) is 4.29. The first-order chi connectivity index (χ1) is 14.7. The number of pyridine rings is 4. The molecule has 0 amide bonds. The summed E-state index contributed by atoms with van der Waals surface area (Å²) in [5.74, 6) is 0. The van der Waals surface area contributed by atoms with E-state index in [2.05, 4.69) is 9.97 Å². The van der Waals surface area contributed by atoms with Gasteiger partial charge >= 0.3 is 0 Å². The Hall–Kier alpha value is -4.32. The topological polar surface area (TPSA) is 85.7 Å². The summed E-state index contributed by atoms with van der Waals surface area (Å²) in [5.41, 5.74) is 5.11. The molecule has 5 aromatic rings. The summed E-state index contributed by atoms with van der Waals surface area (Å²) in [5, 5.41) is 1.88. The van der Waals surface area contributed by atoms with Crippen LogP contribution in [0.15, 0.2) is 73.1 Å². The zero-order valence-electron chi connectivity index (χ0n) is 15.7. The number of rotatable bonds is 4. The molecular weight excluding hydrogens is 376 g/mol. The van der Waals surface area contributed by atoms with Crippen LogP contribution in [0, 0.1) is 0 Å². The van der Waals surface area contributed by atoms with Gasteiger partial charge in [-0.05, 0) is 36.4 Å². The van der Waals surface area contributed by atoms with Crippen molar-refractivity contribution in [1.29, 1.82) is 0 Å². The van der Waals surface area contributed by atoms with Crippen molar-refractivity contribution in [2.75, 3.05) is 0 Å². The largest absolute Gasteiger partial charge is 0.298 e. The summed E-state index contributed by atoms with van der Waals surface area (Å²) in [7, 11) is 0. The van der Waals surface area contributed by atoms with E-state index < -0.39 is 0 Å². The monoisotopic (exact) mass is 390 g/mol. The second-order valence-electron chi connectivity index (χ2n) is 6.79. The van der Waals surface area contributed by atoms with Crippen LogP contribution in [0.4, 0.5) is 0 Å². The van der Waals surface area contributed by atoms with Gasteiger partial charge in [-0.2, -0.15) is 0 Å². The first-order valence-corrected chi connectivity index (χ1v) is 9.29. The van der Waals surface area contributed by atoms with E-state index in [0.717, 1.165) is 34.4 Å². The van der Waals surface area contributed by atoms with Crippen LogP contribution in [-0.4, -0.2) is 32.5 Å². The van der Waals surface area contributed by atoms with Crippen molar-refractivity contribution < 1.29 is 9.59 Å². The van der Waals surface area contributed by atoms with Crippen LogP contribution in [0.2, 0.25) is 0 Å². The first kappa shape index (κ1) is 17.8. The number of hydrogen-bond donors (Lipinski definition) is 0. The molecule has 6 heteroatoms. The van der Waals surface area contributed by atoms with E-state index in [4.69, 9.17) is 9.97 Å². The van der Waals surface area contributed by atoms with Gasteiger partial charge in [0, 0.05) is 34.3 Å². The Morgan fingerprint density at radius 3 is 1.40 bits per heavy atom. The van der Waals surface area contributed by atoms with Gasteiger partial charge in [-0.25, -0.2) is 9.97 Å². The molecule has 0 fully saturated rings. The van der Waals surface area contributed by atoms with Crippen LogP contribution < -0.4 is 0 Å². The summed E-state index contributed by atoms with van der Waals surface area (Å²) < 4.78 is 0. The standard InChI is InChI=1S/C24H14N4O2/c29-13-15-7-9-25-21(11-15)19-5-3-17-1-2-18-4-6-20(28-24(18)23(17)27-19)22-12-16(14-30)8-10-26-22/h1-14H. The minimum absolute atomic E-state index is 0.543. The minimum atomic E-state index is 0.543. The predicted octanol–water partition coefficient (Wildman–Crippen LogP) is 4.53. The van der Waals surface area contributed by atoms with Gasteiger partial charge in [0.05, 0.1) is 33.8 Å². The fourth-order valence-electron chi connectivity index (χ4n) is 3.37. The highest BCUT2D eigenvalue weighted by Gasteiger charge is 2.10. The van der Waals surface area contributed by atoms with Gasteiger partial charge in [-0.1, -0.05) is 24.3 Å². The SMILES string of the molecule is O=Cc1ccnc(-c2ccc3ccc4ccc(-c5cc(C=O)ccn5)nc4c3n2)c1. The molecule has 0 unspecified atom stereocenters. The van der Waals surface area contributed by atoms with E-state index in [1.165, 1.54) is 0 Å². The average molecular weight is 390 g/mol. The summed E-state index contributed by atoms with van der Waals surface area (Å²) in [4.78, 5) is 40.5. The van der Waals surface area contributed by atoms with Crippen molar-refractivity contribution in [3.63, 3.8) is 0 Å². The third-order valence-electron chi connectivity index (χ3n) is 4.88. The molecule has 0 aliphatic rings. The third kappa shape index (κ3) is 3.10. The number of benzene rings is 1. The van der Waals surface area contributed by atoms with E-state index in [0.29, 0.717) is 33.9 Å². The molecule has 142 valence electrons. The molecule has 0 saturated carbocycles. The number of hydrogen-bond acceptors (Lipinski definition) is 6. The van der Waals surface area contributed by atoms with Crippen LogP contribution >= 0.6 is 0 Å². The lowest BCUT2D eigenvalue weighted by Crippen LogP contribution is -1.94. The molecule has 4 aromatic heterocycles. The quantitative estimate of drug-likeness (QED) is 0.331. The highest BCUT2D eigenvalue weighted by molar-refractivity contribution is 6.04. The second-order valence-corrected chi connectivity index (χ2v) is 6.79. The lowest BCUT2D eigenvalue weighted by molar-refractivity contribution is 0.111. The van der Waals surface area contributed by atoms with Crippen LogP contribution in [-0.2, 0) is 0 Å². The maximum absolute atomic E-state index is 11.1. The van der Waals surface area contributed by atoms with E-state index in [-0.39, 0.29) is 0 Å². The normalized spacial score (nSPS) is 10.9. The van der Waals surface area contributed by atoms with Gasteiger partial charge in [0.2, 0.25) is 0 Å². The molecule has 0 atom stereocenters. The lowest BCUT2D eigenvalue weighted by Gasteiger charge is -2.08.